The second-order valence-corrected chi connectivity index (χ2v) is 7.61. The van der Waals surface area contributed by atoms with Gasteiger partial charge in [-0.3, -0.25) is 4.79 Å². The SMILES string of the molecule is Cc1cccc(-n2nnc(C(=O)NC3(c4ccc(Cl)cc4)CCC3)c2C)c1. The van der Waals surface area contributed by atoms with Crippen LogP contribution in [0.2, 0.25) is 5.02 Å². The van der Waals surface area contributed by atoms with Crippen molar-refractivity contribution in [3.05, 3.63) is 76.1 Å². The lowest BCUT2D eigenvalue weighted by atomic mass is 9.71. The molecule has 1 aliphatic rings. The molecule has 1 saturated carbocycles. The zero-order valence-corrected chi connectivity index (χ0v) is 16.1. The number of halogens is 1. The van der Waals surface area contributed by atoms with Crippen LogP contribution in [0.1, 0.15) is 46.6 Å². The van der Waals surface area contributed by atoms with E-state index >= 15 is 0 Å². The molecule has 0 atom stereocenters. The van der Waals surface area contributed by atoms with Gasteiger partial charge in [-0.05, 0) is 68.5 Å². The summed E-state index contributed by atoms with van der Waals surface area (Å²) < 4.78 is 1.71. The summed E-state index contributed by atoms with van der Waals surface area (Å²) in [5.74, 6) is -0.193. The molecular weight excluding hydrogens is 360 g/mol. The predicted octanol–water partition coefficient (Wildman–Crippen LogP) is 4.35. The van der Waals surface area contributed by atoms with Gasteiger partial charge in [-0.25, -0.2) is 4.68 Å². The Hall–Kier alpha value is -2.66. The van der Waals surface area contributed by atoms with Gasteiger partial charge in [0.1, 0.15) is 0 Å². The van der Waals surface area contributed by atoms with Gasteiger partial charge in [0.25, 0.3) is 5.91 Å². The highest BCUT2D eigenvalue weighted by Crippen LogP contribution is 2.41. The average Bonchev–Trinajstić information content (AvgIpc) is 3.00. The van der Waals surface area contributed by atoms with Gasteiger partial charge in [0, 0.05) is 5.02 Å². The van der Waals surface area contributed by atoms with Crippen LogP contribution in [0.25, 0.3) is 5.69 Å². The second-order valence-electron chi connectivity index (χ2n) is 7.17. The quantitative estimate of drug-likeness (QED) is 0.732. The number of aryl methyl sites for hydroxylation is 1. The van der Waals surface area contributed by atoms with E-state index in [0.29, 0.717) is 10.7 Å². The zero-order valence-electron chi connectivity index (χ0n) is 15.4. The van der Waals surface area contributed by atoms with Crippen molar-refractivity contribution < 1.29 is 4.79 Å². The highest BCUT2D eigenvalue weighted by molar-refractivity contribution is 6.30. The lowest BCUT2D eigenvalue weighted by molar-refractivity contribution is 0.0817. The number of nitrogens with one attached hydrogen (secondary N) is 1. The number of rotatable bonds is 4. The first kappa shape index (κ1) is 17.7. The van der Waals surface area contributed by atoms with Gasteiger partial charge in [0.2, 0.25) is 0 Å². The standard InChI is InChI=1S/C21H21ClN4O/c1-14-5-3-6-18(13-14)26-15(2)19(24-25-26)20(27)23-21(11-4-12-21)16-7-9-17(22)10-8-16/h3,5-10,13H,4,11-12H2,1-2H3,(H,23,27). The van der Waals surface area contributed by atoms with Crippen LogP contribution in [0.3, 0.4) is 0 Å². The molecule has 1 amide bonds. The first-order chi connectivity index (χ1) is 13.0. The van der Waals surface area contributed by atoms with Gasteiger partial charge in [0.05, 0.1) is 16.9 Å². The molecule has 2 aromatic carbocycles. The largest absolute Gasteiger partial charge is 0.341 e. The Labute approximate surface area is 163 Å². The zero-order chi connectivity index (χ0) is 19.0. The Morgan fingerprint density at radius 2 is 1.89 bits per heavy atom. The van der Waals surface area contributed by atoms with E-state index in [4.69, 9.17) is 11.6 Å². The summed E-state index contributed by atoms with van der Waals surface area (Å²) in [6.07, 6.45) is 2.90. The van der Waals surface area contributed by atoms with Crippen LogP contribution in [0.5, 0.6) is 0 Å². The number of hydrogen-bond donors (Lipinski definition) is 1. The molecule has 1 aliphatic carbocycles. The van der Waals surface area contributed by atoms with E-state index < -0.39 is 0 Å². The number of aromatic nitrogens is 3. The smallest absolute Gasteiger partial charge is 0.274 e. The molecule has 4 rings (SSSR count). The Kier molecular flexibility index (Phi) is 4.48. The minimum atomic E-state index is -0.346. The van der Waals surface area contributed by atoms with E-state index in [1.54, 1.807) is 4.68 Å². The summed E-state index contributed by atoms with van der Waals surface area (Å²) >= 11 is 6.01. The third-order valence-electron chi connectivity index (χ3n) is 5.31. The van der Waals surface area contributed by atoms with Crippen LogP contribution in [0.4, 0.5) is 0 Å². The minimum Gasteiger partial charge on any atom is -0.341 e. The summed E-state index contributed by atoms with van der Waals surface area (Å²) in [6, 6.07) is 15.7. The maximum absolute atomic E-state index is 13.0. The normalized spacial score (nSPS) is 15.2. The molecule has 0 saturated heterocycles. The van der Waals surface area contributed by atoms with Crippen molar-refractivity contribution in [3.63, 3.8) is 0 Å². The average molecular weight is 381 g/mol. The molecule has 138 valence electrons. The van der Waals surface area contributed by atoms with Crippen molar-refractivity contribution in [2.45, 2.75) is 38.6 Å². The number of carbonyl (C=O) groups excluding carboxylic acids is 1. The molecule has 0 radical (unpaired) electrons. The third kappa shape index (κ3) is 3.23. The predicted molar refractivity (Wildman–Crippen MR) is 105 cm³/mol. The Morgan fingerprint density at radius 3 is 2.52 bits per heavy atom. The van der Waals surface area contributed by atoms with Crippen molar-refractivity contribution in [2.24, 2.45) is 0 Å². The van der Waals surface area contributed by atoms with Gasteiger partial charge in [-0.2, -0.15) is 0 Å². The van der Waals surface area contributed by atoms with Crippen LogP contribution in [-0.4, -0.2) is 20.9 Å². The minimum absolute atomic E-state index is 0.193. The monoisotopic (exact) mass is 380 g/mol. The Bertz CT molecular complexity index is 990. The first-order valence-electron chi connectivity index (χ1n) is 9.06. The first-order valence-corrected chi connectivity index (χ1v) is 9.44. The number of benzene rings is 2. The Morgan fingerprint density at radius 1 is 1.15 bits per heavy atom. The van der Waals surface area contributed by atoms with E-state index in [1.807, 2.05) is 62.4 Å². The molecule has 0 spiro atoms. The van der Waals surface area contributed by atoms with Gasteiger partial charge < -0.3 is 5.32 Å². The number of nitrogens with zero attached hydrogens (tertiary/aromatic N) is 3. The maximum atomic E-state index is 13.0. The molecule has 27 heavy (non-hydrogen) atoms. The van der Waals surface area contributed by atoms with E-state index in [-0.39, 0.29) is 11.4 Å². The van der Waals surface area contributed by atoms with Crippen LogP contribution in [0, 0.1) is 13.8 Å². The summed E-state index contributed by atoms with van der Waals surface area (Å²) in [5.41, 5.74) is 3.84. The van der Waals surface area contributed by atoms with Crippen molar-refractivity contribution in [2.75, 3.05) is 0 Å². The fraction of sp³-hybridized carbons (Fsp3) is 0.286. The molecule has 1 N–H and O–H groups in total. The second kappa shape index (κ2) is 6.82. The topological polar surface area (TPSA) is 59.8 Å². The molecule has 6 heteroatoms. The summed E-state index contributed by atoms with van der Waals surface area (Å²) in [4.78, 5) is 13.0. The number of hydrogen-bond acceptors (Lipinski definition) is 3. The van der Waals surface area contributed by atoms with Gasteiger partial charge in [0.15, 0.2) is 5.69 Å². The van der Waals surface area contributed by atoms with Crippen LogP contribution >= 0.6 is 11.6 Å². The molecule has 0 aliphatic heterocycles. The Balaban J connectivity index is 1.61. The van der Waals surface area contributed by atoms with Crippen molar-refractivity contribution in [3.8, 4) is 5.69 Å². The lowest BCUT2D eigenvalue weighted by Crippen LogP contribution is -2.51. The molecule has 3 aromatic rings. The van der Waals surface area contributed by atoms with Gasteiger partial charge >= 0.3 is 0 Å². The van der Waals surface area contributed by atoms with Crippen molar-refractivity contribution in [1.29, 1.82) is 0 Å². The van der Waals surface area contributed by atoms with Crippen molar-refractivity contribution in [1.82, 2.24) is 20.3 Å². The molecule has 1 aromatic heterocycles. The van der Waals surface area contributed by atoms with E-state index in [2.05, 4.69) is 15.6 Å². The number of carbonyl (C=O) groups is 1. The summed E-state index contributed by atoms with van der Waals surface area (Å²) in [6.45, 7) is 3.89. The van der Waals surface area contributed by atoms with E-state index in [0.717, 1.165) is 41.8 Å². The maximum Gasteiger partial charge on any atom is 0.274 e. The lowest BCUT2D eigenvalue weighted by Gasteiger charge is -2.43. The molecular formula is C21H21ClN4O. The van der Waals surface area contributed by atoms with Crippen molar-refractivity contribution >= 4 is 17.5 Å². The van der Waals surface area contributed by atoms with Crippen LogP contribution in [-0.2, 0) is 5.54 Å². The fourth-order valence-corrected chi connectivity index (χ4v) is 3.73. The third-order valence-corrected chi connectivity index (χ3v) is 5.56. The summed E-state index contributed by atoms with van der Waals surface area (Å²) in [7, 11) is 0. The molecule has 5 nitrogen and oxygen atoms in total. The van der Waals surface area contributed by atoms with Gasteiger partial charge in [-0.1, -0.05) is 41.1 Å². The van der Waals surface area contributed by atoms with E-state index in [9.17, 15) is 4.79 Å². The molecule has 0 bridgehead atoms. The molecule has 0 unspecified atom stereocenters. The van der Waals surface area contributed by atoms with E-state index in [1.165, 1.54) is 0 Å². The molecule has 1 fully saturated rings. The van der Waals surface area contributed by atoms with Crippen LogP contribution in [0.15, 0.2) is 48.5 Å². The highest BCUT2D eigenvalue weighted by Gasteiger charge is 2.40. The highest BCUT2D eigenvalue weighted by atomic mass is 35.5. The van der Waals surface area contributed by atoms with Gasteiger partial charge in [-0.15, -0.1) is 5.10 Å². The number of amides is 1. The fourth-order valence-electron chi connectivity index (χ4n) is 3.61. The summed E-state index contributed by atoms with van der Waals surface area (Å²) in [5, 5.41) is 12.2. The molecule has 1 heterocycles. The van der Waals surface area contributed by atoms with Crippen LogP contribution < -0.4 is 5.32 Å².